The molecule has 0 aromatic carbocycles. The highest BCUT2D eigenvalue weighted by molar-refractivity contribution is 4.60. The number of hydrogen-bond acceptors (Lipinski definition) is 2. The van der Waals surface area contributed by atoms with Crippen molar-refractivity contribution < 1.29 is 14.2 Å². The van der Waals surface area contributed by atoms with Gasteiger partial charge in [0.25, 0.3) is 0 Å². The lowest BCUT2D eigenvalue weighted by Gasteiger charge is -2.17. The normalized spacial score (nSPS) is 12.0. The van der Waals surface area contributed by atoms with Gasteiger partial charge in [0.1, 0.15) is 0 Å². The molecule has 104 valence electrons. The summed E-state index contributed by atoms with van der Waals surface area (Å²) in [7, 11) is 0. The van der Waals surface area contributed by atoms with Gasteiger partial charge in [-0.15, -0.1) is 0 Å². The summed E-state index contributed by atoms with van der Waals surface area (Å²) in [4.78, 5) is 3.52. The van der Waals surface area contributed by atoms with Gasteiger partial charge in [0.15, 0.2) is 0 Å². The molecule has 0 rings (SSSR count). The fourth-order valence-electron chi connectivity index (χ4n) is 1.70. The Hall–Kier alpha value is -0.150. The van der Waals surface area contributed by atoms with E-state index in [1.807, 2.05) is 0 Å². The summed E-state index contributed by atoms with van der Waals surface area (Å²) in [6.07, 6.45) is 7.68. The molecule has 0 aliphatic rings. The van der Waals surface area contributed by atoms with Crippen LogP contribution in [0.2, 0.25) is 0 Å². The molecule has 0 atom stereocenters. The SMILES string of the molecule is CC(C)(C)CCCOCCCCCCCOF. The molecule has 0 unspecified atom stereocenters. The molecular formula is C14H29FO2. The molecule has 0 radical (unpaired) electrons. The first-order chi connectivity index (χ1) is 8.06. The van der Waals surface area contributed by atoms with Crippen LogP contribution in [0.25, 0.3) is 0 Å². The van der Waals surface area contributed by atoms with Crippen molar-refractivity contribution in [3.05, 3.63) is 0 Å². The van der Waals surface area contributed by atoms with E-state index in [9.17, 15) is 4.53 Å². The number of rotatable bonds is 11. The Morgan fingerprint density at radius 1 is 0.765 bits per heavy atom. The quantitative estimate of drug-likeness (QED) is 0.494. The first-order valence-corrected chi connectivity index (χ1v) is 6.87. The molecule has 0 aliphatic carbocycles. The minimum atomic E-state index is 0.239. The van der Waals surface area contributed by atoms with Gasteiger partial charge in [-0.1, -0.05) is 40.0 Å². The predicted molar refractivity (Wildman–Crippen MR) is 69.7 cm³/mol. The standard InChI is InChI=1S/C14H29FO2/c1-14(2,3)10-9-12-16-11-7-5-4-6-8-13-17-15/h4-13H2,1-3H3. The van der Waals surface area contributed by atoms with E-state index < -0.39 is 0 Å². The molecule has 0 fully saturated rings. The zero-order valence-corrected chi connectivity index (χ0v) is 11.8. The maximum absolute atomic E-state index is 11.3. The molecule has 0 spiro atoms. The van der Waals surface area contributed by atoms with Crippen LogP contribution in [-0.4, -0.2) is 19.8 Å². The van der Waals surface area contributed by atoms with E-state index in [1.54, 1.807) is 0 Å². The third-order valence-corrected chi connectivity index (χ3v) is 2.73. The molecule has 0 aromatic heterocycles. The van der Waals surface area contributed by atoms with E-state index >= 15 is 0 Å². The number of halogens is 1. The predicted octanol–water partition coefficient (Wildman–Crippen LogP) is 4.68. The Bertz CT molecular complexity index is 155. The van der Waals surface area contributed by atoms with E-state index in [-0.39, 0.29) is 6.61 Å². The molecule has 3 heteroatoms. The molecule has 0 bridgehead atoms. The van der Waals surface area contributed by atoms with Gasteiger partial charge in [-0.25, -0.2) is 0 Å². The van der Waals surface area contributed by atoms with Crippen molar-refractivity contribution in [2.45, 2.75) is 65.7 Å². The van der Waals surface area contributed by atoms with E-state index in [2.05, 4.69) is 25.7 Å². The molecule has 0 saturated heterocycles. The average molecular weight is 248 g/mol. The first-order valence-electron chi connectivity index (χ1n) is 6.87. The summed E-state index contributed by atoms with van der Waals surface area (Å²) in [5, 5.41) is 0. The summed E-state index contributed by atoms with van der Waals surface area (Å²) in [6.45, 7) is 8.76. The second-order valence-corrected chi connectivity index (χ2v) is 5.86. The first kappa shape index (κ1) is 16.9. The van der Waals surface area contributed by atoms with Crippen LogP contribution in [0.5, 0.6) is 0 Å². The van der Waals surface area contributed by atoms with E-state index in [1.165, 1.54) is 12.8 Å². The van der Waals surface area contributed by atoms with Gasteiger partial charge in [-0.3, -0.25) is 0 Å². The van der Waals surface area contributed by atoms with Gasteiger partial charge in [0.05, 0.1) is 6.61 Å². The zero-order valence-electron chi connectivity index (χ0n) is 11.8. The van der Waals surface area contributed by atoms with Crippen LogP contribution in [0.4, 0.5) is 4.53 Å². The lowest BCUT2D eigenvalue weighted by Crippen LogP contribution is -2.07. The smallest absolute Gasteiger partial charge is 0.0876 e. The maximum atomic E-state index is 11.3. The lowest BCUT2D eigenvalue weighted by molar-refractivity contribution is -0.133. The van der Waals surface area contributed by atoms with Gasteiger partial charge in [-0.05, 0) is 35.6 Å². The van der Waals surface area contributed by atoms with Crippen molar-refractivity contribution in [3.63, 3.8) is 0 Å². The van der Waals surface area contributed by atoms with Crippen LogP contribution in [0, 0.1) is 5.41 Å². The number of hydrogen-bond donors (Lipinski definition) is 0. The van der Waals surface area contributed by atoms with E-state index in [4.69, 9.17) is 4.74 Å². The second-order valence-electron chi connectivity index (χ2n) is 5.86. The minimum Gasteiger partial charge on any atom is -0.381 e. The summed E-state index contributed by atoms with van der Waals surface area (Å²) >= 11 is 0. The van der Waals surface area contributed by atoms with E-state index in [0.717, 1.165) is 45.3 Å². The molecule has 17 heavy (non-hydrogen) atoms. The van der Waals surface area contributed by atoms with Crippen molar-refractivity contribution in [1.29, 1.82) is 0 Å². The molecule has 0 saturated carbocycles. The van der Waals surface area contributed by atoms with Gasteiger partial charge in [0, 0.05) is 13.2 Å². The third-order valence-electron chi connectivity index (χ3n) is 2.73. The fourth-order valence-corrected chi connectivity index (χ4v) is 1.70. The largest absolute Gasteiger partial charge is 0.381 e. The van der Waals surface area contributed by atoms with Gasteiger partial charge >= 0.3 is 0 Å². The third kappa shape index (κ3) is 15.9. The van der Waals surface area contributed by atoms with Crippen molar-refractivity contribution in [1.82, 2.24) is 0 Å². The molecule has 0 aliphatic heterocycles. The van der Waals surface area contributed by atoms with Crippen LogP contribution in [0.1, 0.15) is 65.7 Å². The maximum Gasteiger partial charge on any atom is 0.0876 e. The van der Waals surface area contributed by atoms with E-state index in [0.29, 0.717) is 5.41 Å². The van der Waals surface area contributed by atoms with Gasteiger partial charge < -0.3 is 4.74 Å². The molecule has 2 nitrogen and oxygen atoms in total. The molecule has 0 N–H and O–H groups in total. The highest BCUT2D eigenvalue weighted by atomic mass is 19.3. The lowest BCUT2D eigenvalue weighted by atomic mass is 9.91. The Morgan fingerprint density at radius 3 is 1.88 bits per heavy atom. The highest BCUT2D eigenvalue weighted by Crippen LogP contribution is 2.20. The van der Waals surface area contributed by atoms with Crippen molar-refractivity contribution in [2.75, 3.05) is 19.8 Å². The Morgan fingerprint density at radius 2 is 1.29 bits per heavy atom. The molecule has 0 aromatic rings. The van der Waals surface area contributed by atoms with Crippen molar-refractivity contribution in [3.8, 4) is 0 Å². The Kier molecular flexibility index (Phi) is 10.9. The Labute approximate surface area is 106 Å². The number of ether oxygens (including phenoxy) is 1. The summed E-state index contributed by atoms with van der Waals surface area (Å²) in [5.74, 6) is 0. The van der Waals surface area contributed by atoms with Crippen LogP contribution in [0.3, 0.4) is 0 Å². The second kappa shape index (κ2) is 11.0. The van der Waals surface area contributed by atoms with Gasteiger partial charge in [-0.2, -0.15) is 4.94 Å². The van der Waals surface area contributed by atoms with Crippen LogP contribution in [-0.2, 0) is 9.68 Å². The molecular weight excluding hydrogens is 219 g/mol. The summed E-state index contributed by atoms with van der Waals surface area (Å²) < 4.78 is 16.9. The van der Waals surface area contributed by atoms with Crippen molar-refractivity contribution in [2.24, 2.45) is 5.41 Å². The average Bonchev–Trinajstić information content (AvgIpc) is 2.24. The van der Waals surface area contributed by atoms with Crippen LogP contribution < -0.4 is 0 Å². The summed E-state index contributed by atoms with van der Waals surface area (Å²) in [6, 6.07) is 0. The van der Waals surface area contributed by atoms with Crippen LogP contribution in [0.15, 0.2) is 0 Å². The topological polar surface area (TPSA) is 18.5 Å². The summed E-state index contributed by atoms with van der Waals surface area (Å²) in [5.41, 5.74) is 0.419. The minimum absolute atomic E-state index is 0.239. The highest BCUT2D eigenvalue weighted by Gasteiger charge is 2.08. The number of unbranched alkanes of at least 4 members (excludes halogenated alkanes) is 4. The monoisotopic (exact) mass is 248 g/mol. The molecule has 0 amide bonds. The zero-order chi connectivity index (χ0) is 13.0. The van der Waals surface area contributed by atoms with Crippen LogP contribution >= 0.6 is 0 Å². The van der Waals surface area contributed by atoms with Crippen molar-refractivity contribution >= 4 is 0 Å². The van der Waals surface area contributed by atoms with Gasteiger partial charge in [0.2, 0.25) is 0 Å². The molecule has 0 heterocycles. The Balaban J connectivity index is 2.99. The fraction of sp³-hybridized carbons (Fsp3) is 1.00.